The molecule has 1 aromatic rings. The van der Waals surface area contributed by atoms with Crippen LogP contribution < -0.4 is 5.32 Å². The SMILES string of the molecule is CCNCc1csc(S(=O)(=O)N2CCSC(CC)C2)c1. The van der Waals surface area contributed by atoms with Crippen LogP contribution in [0.1, 0.15) is 25.8 Å². The molecule has 1 aromatic heterocycles. The minimum absolute atomic E-state index is 0.430. The molecule has 0 aromatic carbocycles. The van der Waals surface area contributed by atoms with Gasteiger partial charge in [-0.2, -0.15) is 16.1 Å². The van der Waals surface area contributed by atoms with E-state index in [1.165, 1.54) is 11.3 Å². The van der Waals surface area contributed by atoms with Crippen LogP contribution in [0.15, 0.2) is 15.7 Å². The topological polar surface area (TPSA) is 49.4 Å². The number of rotatable bonds is 6. The largest absolute Gasteiger partial charge is 0.313 e. The predicted octanol–water partition coefficient (Wildman–Crippen LogP) is 2.37. The van der Waals surface area contributed by atoms with Crippen LogP contribution in [0.25, 0.3) is 0 Å². The van der Waals surface area contributed by atoms with E-state index in [1.54, 1.807) is 4.31 Å². The van der Waals surface area contributed by atoms with E-state index in [1.807, 2.05) is 30.1 Å². The van der Waals surface area contributed by atoms with E-state index >= 15 is 0 Å². The Hall–Kier alpha value is -0.0800. The minimum Gasteiger partial charge on any atom is -0.313 e. The summed E-state index contributed by atoms with van der Waals surface area (Å²) in [7, 11) is -3.30. The summed E-state index contributed by atoms with van der Waals surface area (Å²) in [6.07, 6.45) is 1.02. The van der Waals surface area contributed by atoms with Crippen molar-refractivity contribution in [2.24, 2.45) is 0 Å². The molecular formula is C13H22N2O2S3. The monoisotopic (exact) mass is 334 g/mol. The molecule has 0 spiro atoms. The second kappa shape index (κ2) is 7.26. The van der Waals surface area contributed by atoms with Gasteiger partial charge in [-0.1, -0.05) is 13.8 Å². The molecule has 1 unspecified atom stereocenters. The Labute approximate surface area is 130 Å². The molecule has 1 atom stereocenters. The maximum absolute atomic E-state index is 12.6. The fourth-order valence-corrected chi connectivity index (χ4v) is 6.37. The highest BCUT2D eigenvalue weighted by molar-refractivity contribution is 8.00. The lowest BCUT2D eigenvalue weighted by molar-refractivity contribution is 0.417. The van der Waals surface area contributed by atoms with Gasteiger partial charge in [0.25, 0.3) is 10.0 Å². The number of hydrogen-bond donors (Lipinski definition) is 1. The summed E-state index contributed by atoms with van der Waals surface area (Å²) in [5.74, 6) is 0.896. The zero-order chi connectivity index (χ0) is 14.6. The normalized spacial score (nSPS) is 21.2. The number of sulfonamides is 1. The van der Waals surface area contributed by atoms with E-state index in [-0.39, 0.29) is 0 Å². The van der Waals surface area contributed by atoms with Gasteiger partial charge in [0.05, 0.1) is 0 Å². The Morgan fingerprint density at radius 3 is 2.95 bits per heavy atom. The van der Waals surface area contributed by atoms with Crippen LogP contribution >= 0.6 is 23.1 Å². The molecule has 1 N–H and O–H groups in total. The van der Waals surface area contributed by atoms with Crippen LogP contribution in [0.2, 0.25) is 0 Å². The van der Waals surface area contributed by atoms with Gasteiger partial charge in [-0.15, -0.1) is 11.3 Å². The molecule has 2 heterocycles. The highest BCUT2D eigenvalue weighted by atomic mass is 32.2. The van der Waals surface area contributed by atoms with E-state index in [4.69, 9.17) is 0 Å². The van der Waals surface area contributed by atoms with E-state index < -0.39 is 10.0 Å². The summed E-state index contributed by atoms with van der Waals surface area (Å²) in [4.78, 5) is 0. The van der Waals surface area contributed by atoms with Gasteiger partial charge in [-0.3, -0.25) is 0 Å². The van der Waals surface area contributed by atoms with E-state index in [9.17, 15) is 8.42 Å². The molecule has 114 valence electrons. The van der Waals surface area contributed by atoms with E-state index in [2.05, 4.69) is 12.2 Å². The minimum atomic E-state index is -3.30. The second-order valence-electron chi connectivity index (χ2n) is 4.82. The molecular weight excluding hydrogens is 312 g/mol. The van der Waals surface area contributed by atoms with Gasteiger partial charge >= 0.3 is 0 Å². The predicted molar refractivity (Wildman–Crippen MR) is 87.0 cm³/mol. The molecule has 0 aliphatic carbocycles. The first kappa shape index (κ1) is 16.3. The Morgan fingerprint density at radius 2 is 2.25 bits per heavy atom. The van der Waals surface area contributed by atoms with Crippen molar-refractivity contribution in [3.05, 3.63) is 17.0 Å². The average molecular weight is 335 g/mol. The summed E-state index contributed by atoms with van der Waals surface area (Å²) in [6.45, 7) is 7.05. The Kier molecular flexibility index (Phi) is 5.92. The summed E-state index contributed by atoms with van der Waals surface area (Å²) < 4.78 is 27.4. The molecule has 0 bridgehead atoms. The molecule has 0 radical (unpaired) electrons. The molecule has 7 heteroatoms. The molecule has 0 saturated carbocycles. The van der Waals surface area contributed by atoms with Crippen LogP contribution in [0.3, 0.4) is 0 Å². The van der Waals surface area contributed by atoms with Crippen molar-refractivity contribution in [1.82, 2.24) is 9.62 Å². The summed E-state index contributed by atoms with van der Waals surface area (Å²) >= 11 is 3.21. The number of nitrogens with one attached hydrogen (secondary N) is 1. The number of thioether (sulfide) groups is 1. The fraction of sp³-hybridized carbons (Fsp3) is 0.692. The highest BCUT2D eigenvalue weighted by Gasteiger charge is 2.30. The molecule has 1 fully saturated rings. The van der Waals surface area contributed by atoms with Gasteiger partial charge in [-0.25, -0.2) is 8.42 Å². The van der Waals surface area contributed by atoms with Gasteiger partial charge < -0.3 is 5.32 Å². The molecule has 1 aliphatic heterocycles. The van der Waals surface area contributed by atoms with Gasteiger partial charge in [0.1, 0.15) is 4.21 Å². The van der Waals surface area contributed by atoms with Gasteiger partial charge in [-0.05, 0) is 30.0 Å². The summed E-state index contributed by atoms with van der Waals surface area (Å²) in [5.41, 5.74) is 1.05. The van der Waals surface area contributed by atoms with E-state index in [0.717, 1.165) is 30.8 Å². The number of hydrogen-bond acceptors (Lipinski definition) is 5. The number of thiophene rings is 1. The lowest BCUT2D eigenvalue weighted by atomic mass is 10.3. The Morgan fingerprint density at radius 1 is 1.45 bits per heavy atom. The fourth-order valence-electron chi connectivity index (χ4n) is 2.14. The van der Waals surface area contributed by atoms with Crippen molar-refractivity contribution in [1.29, 1.82) is 0 Å². The Balaban J connectivity index is 2.11. The lowest BCUT2D eigenvalue weighted by Gasteiger charge is -2.30. The average Bonchev–Trinajstić information content (AvgIpc) is 2.94. The van der Waals surface area contributed by atoms with Gasteiger partial charge in [0, 0.05) is 30.6 Å². The van der Waals surface area contributed by atoms with Gasteiger partial charge in [0.2, 0.25) is 0 Å². The third kappa shape index (κ3) is 3.76. The van der Waals surface area contributed by atoms with Crippen molar-refractivity contribution >= 4 is 33.1 Å². The molecule has 2 rings (SSSR count). The highest BCUT2D eigenvalue weighted by Crippen LogP contribution is 2.29. The van der Waals surface area contributed by atoms with Crippen molar-refractivity contribution in [2.45, 2.75) is 36.3 Å². The number of nitrogens with zero attached hydrogens (tertiary/aromatic N) is 1. The zero-order valence-corrected chi connectivity index (χ0v) is 14.4. The third-order valence-electron chi connectivity index (χ3n) is 3.36. The van der Waals surface area contributed by atoms with E-state index in [0.29, 0.717) is 22.5 Å². The molecule has 4 nitrogen and oxygen atoms in total. The zero-order valence-electron chi connectivity index (χ0n) is 12.0. The van der Waals surface area contributed by atoms with Crippen molar-refractivity contribution in [3.63, 3.8) is 0 Å². The third-order valence-corrected chi connectivity index (χ3v) is 8.06. The standard InChI is InChI=1S/C13H22N2O2S3/c1-3-12-9-15(5-6-18-12)20(16,17)13-7-11(10-19-13)8-14-4-2/h7,10,12,14H,3-6,8-9H2,1-2H3. The van der Waals surface area contributed by atoms with Crippen molar-refractivity contribution in [2.75, 3.05) is 25.4 Å². The van der Waals surface area contributed by atoms with Crippen LogP contribution in [0.5, 0.6) is 0 Å². The Bertz CT molecular complexity index is 527. The lowest BCUT2D eigenvalue weighted by Crippen LogP contribution is -2.41. The molecule has 1 saturated heterocycles. The van der Waals surface area contributed by atoms with Crippen molar-refractivity contribution in [3.8, 4) is 0 Å². The summed E-state index contributed by atoms with van der Waals surface area (Å²) in [6, 6.07) is 1.81. The van der Waals surface area contributed by atoms with Crippen LogP contribution in [-0.2, 0) is 16.6 Å². The quantitative estimate of drug-likeness (QED) is 0.868. The van der Waals surface area contributed by atoms with Crippen LogP contribution in [-0.4, -0.2) is 43.4 Å². The summed E-state index contributed by atoms with van der Waals surface area (Å²) in [5, 5.41) is 5.59. The maximum atomic E-state index is 12.6. The van der Waals surface area contributed by atoms with Crippen LogP contribution in [0.4, 0.5) is 0 Å². The van der Waals surface area contributed by atoms with Crippen LogP contribution in [0, 0.1) is 0 Å². The first-order valence-electron chi connectivity index (χ1n) is 6.97. The second-order valence-corrected chi connectivity index (χ2v) is 9.30. The molecule has 0 amide bonds. The molecule has 1 aliphatic rings. The smallest absolute Gasteiger partial charge is 0.252 e. The van der Waals surface area contributed by atoms with Crippen molar-refractivity contribution < 1.29 is 8.42 Å². The maximum Gasteiger partial charge on any atom is 0.252 e. The molecule has 20 heavy (non-hydrogen) atoms. The first-order chi connectivity index (χ1) is 9.57. The first-order valence-corrected chi connectivity index (χ1v) is 10.3. The van der Waals surface area contributed by atoms with Gasteiger partial charge in [0.15, 0.2) is 0 Å².